The van der Waals surface area contributed by atoms with E-state index in [4.69, 9.17) is 0 Å². The lowest BCUT2D eigenvalue weighted by Crippen LogP contribution is -2.43. The van der Waals surface area contributed by atoms with Crippen molar-refractivity contribution in [2.24, 2.45) is 4.99 Å². The second kappa shape index (κ2) is 9.17. The molecule has 0 atom stereocenters. The van der Waals surface area contributed by atoms with E-state index in [1.54, 1.807) is 18.4 Å². The summed E-state index contributed by atoms with van der Waals surface area (Å²) in [5.41, 5.74) is 0. The van der Waals surface area contributed by atoms with Gasteiger partial charge in [0.1, 0.15) is 0 Å². The average molecular weight is 408 g/mol. The van der Waals surface area contributed by atoms with Gasteiger partial charge in [-0.3, -0.25) is 9.79 Å². The number of thiophene rings is 1. The summed E-state index contributed by atoms with van der Waals surface area (Å²) in [6, 6.07) is 4.09. The molecule has 1 aromatic rings. The highest BCUT2D eigenvalue weighted by Gasteiger charge is 2.17. The highest BCUT2D eigenvalue weighted by Crippen LogP contribution is 2.07. The Bertz CT molecular complexity index is 430. The van der Waals surface area contributed by atoms with Crippen LogP contribution in [0.3, 0.4) is 0 Å². The van der Waals surface area contributed by atoms with Crippen molar-refractivity contribution in [2.45, 2.75) is 19.4 Å². The summed E-state index contributed by atoms with van der Waals surface area (Å²) in [5, 5.41) is 8.30. The van der Waals surface area contributed by atoms with E-state index in [0.717, 1.165) is 32.5 Å². The van der Waals surface area contributed by atoms with Gasteiger partial charge in [-0.15, -0.1) is 35.3 Å². The fourth-order valence-corrected chi connectivity index (χ4v) is 2.69. The maximum absolute atomic E-state index is 11.9. The molecule has 0 unspecified atom stereocenters. The van der Waals surface area contributed by atoms with Crippen molar-refractivity contribution in [1.29, 1.82) is 0 Å². The molecule has 1 amide bonds. The molecule has 1 aromatic heterocycles. The second-order valence-corrected chi connectivity index (χ2v) is 5.48. The molecular weight excluding hydrogens is 387 g/mol. The summed E-state index contributed by atoms with van der Waals surface area (Å²) in [7, 11) is 1.71. The van der Waals surface area contributed by atoms with Gasteiger partial charge in [0, 0.05) is 25.0 Å². The number of aliphatic imine (C=N–C) groups is 1. The monoisotopic (exact) mass is 408 g/mol. The van der Waals surface area contributed by atoms with Crippen molar-refractivity contribution in [1.82, 2.24) is 15.5 Å². The first-order valence-electron chi connectivity index (χ1n) is 6.54. The van der Waals surface area contributed by atoms with Crippen LogP contribution in [0.4, 0.5) is 0 Å². The maximum atomic E-state index is 11.9. The smallest absolute Gasteiger partial charge is 0.241 e. The van der Waals surface area contributed by atoms with Crippen molar-refractivity contribution in [3.63, 3.8) is 0 Å². The van der Waals surface area contributed by atoms with Gasteiger partial charge in [-0.05, 0) is 24.3 Å². The lowest BCUT2D eigenvalue weighted by molar-refractivity contribution is -0.128. The molecule has 0 radical (unpaired) electrons. The minimum Gasteiger partial charge on any atom is -0.352 e. The molecule has 0 bridgehead atoms. The van der Waals surface area contributed by atoms with E-state index >= 15 is 0 Å². The summed E-state index contributed by atoms with van der Waals surface area (Å²) < 4.78 is 0. The molecule has 1 aliphatic heterocycles. The Kier molecular flexibility index (Phi) is 7.90. The third-order valence-electron chi connectivity index (χ3n) is 3.10. The number of hydrogen-bond acceptors (Lipinski definition) is 3. The fourth-order valence-electron chi connectivity index (χ4n) is 2.04. The molecule has 2 heterocycles. The highest BCUT2D eigenvalue weighted by molar-refractivity contribution is 14.0. The van der Waals surface area contributed by atoms with E-state index < -0.39 is 0 Å². The van der Waals surface area contributed by atoms with Crippen LogP contribution in [-0.4, -0.2) is 43.4 Å². The number of nitrogens with zero attached hydrogens (tertiary/aromatic N) is 2. The largest absolute Gasteiger partial charge is 0.352 e. The van der Waals surface area contributed by atoms with E-state index in [2.05, 4.69) is 21.7 Å². The van der Waals surface area contributed by atoms with Gasteiger partial charge in [-0.25, -0.2) is 0 Å². The van der Waals surface area contributed by atoms with Gasteiger partial charge in [0.25, 0.3) is 0 Å². The first-order chi connectivity index (χ1) is 9.29. The minimum atomic E-state index is 0. The second-order valence-electron chi connectivity index (χ2n) is 4.45. The standard InChI is InChI=1S/C13H20N4OS.HI/c1-14-13(15-9-11-5-4-8-19-11)16-10-12(18)17-6-2-3-7-17;/h4-5,8H,2-3,6-7,9-10H2,1H3,(H2,14,15,16);1H. The van der Waals surface area contributed by atoms with E-state index in [0.29, 0.717) is 12.5 Å². The van der Waals surface area contributed by atoms with Gasteiger partial charge in [0.15, 0.2) is 5.96 Å². The zero-order valence-electron chi connectivity index (χ0n) is 11.6. The molecule has 1 fully saturated rings. The van der Waals surface area contributed by atoms with Crippen LogP contribution in [0.15, 0.2) is 22.5 Å². The molecule has 2 rings (SSSR count). The first kappa shape index (κ1) is 17.2. The Balaban J connectivity index is 0.00000200. The van der Waals surface area contributed by atoms with Crippen LogP contribution >= 0.6 is 35.3 Å². The van der Waals surface area contributed by atoms with Gasteiger partial charge in [0.05, 0.1) is 13.1 Å². The van der Waals surface area contributed by atoms with Crippen LogP contribution in [0, 0.1) is 0 Å². The Hall–Kier alpha value is -0.830. The van der Waals surface area contributed by atoms with Crippen LogP contribution in [0.5, 0.6) is 0 Å². The van der Waals surface area contributed by atoms with Gasteiger partial charge in [-0.2, -0.15) is 0 Å². The first-order valence-corrected chi connectivity index (χ1v) is 7.42. The molecule has 1 aliphatic rings. The average Bonchev–Trinajstić information content (AvgIpc) is 3.11. The molecule has 2 N–H and O–H groups in total. The molecule has 0 spiro atoms. The minimum absolute atomic E-state index is 0. The molecule has 0 aliphatic carbocycles. The van der Waals surface area contributed by atoms with Crippen LogP contribution < -0.4 is 10.6 Å². The Morgan fingerprint density at radius 3 is 2.75 bits per heavy atom. The van der Waals surface area contributed by atoms with Gasteiger partial charge in [0.2, 0.25) is 5.91 Å². The molecule has 1 saturated heterocycles. The number of guanidine groups is 1. The van der Waals surface area contributed by atoms with Crippen LogP contribution in [-0.2, 0) is 11.3 Å². The fraction of sp³-hybridized carbons (Fsp3) is 0.538. The van der Waals surface area contributed by atoms with Crippen molar-refractivity contribution < 1.29 is 4.79 Å². The summed E-state index contributed by atoms with van der Waals surface area (Å²) in [6.45, 7) is 2.82. The zero-order chi connectivity index (χ0) is 13.5. The Morgan fingerprint density at radius 1 is 1.40 bits per heavy atom. The number of halogens is 1. The SMILES string of the molecule is CN=C(NCC(=O)N1CCCC1)NCc1cccs1.I. The molecule has 0 aromatic carbocycles. The third-order valence-corrected chi connectivity index (χ3v) is 3.98. The quantitative estimate of drug-likeness (QED) is 0.453. The van der Waals surface area contributed by atoms with Crippen LogP contribution in [0.2, 0.25) is 0 Å². The molecule has 0 saturated carbocycles. The number of carbonyl (C=O) groups is 1. The lowest BCUT2D eigenvalue weighted by atomic mass is 10.4. The molecule has 5 nitrogen and oxygen atoms in total. The van der Waals surface area contributed by atoms with Crippen molar-refractivity contribution >= 4 is 47.2 Å². The molecular formula is C13H21IN4OS. The number of nitrogens with one attached hydrogen (secondary N) is 2. The van der Waals surface area contributed by atoms with Crippen LogP contribution in [0.25, 0.3) is 0 Å². The summed E-state index contributed by atoms with van der Waals surface area (Å²) in [4.78, 5) is 19.1. The predicted molar refractivity (Wildman–Crippen MR) is 93.7 cm³/mol. The number of carbonyl (C=O) groups excluding carboxylic acids is 1. The molecule has 7 heteroatoms. The highest BCUT2D eigenvalue weighted by atomic mass is 127. The normalized spacial score (nSPS) is 14.8. The maximum Gasteiger partial charge on any atom is 0.241 e. The van der Waals surface area contributed by atoms with E-state index in [1.165, 1.54) is 4.88 Å². The van der Waals surface area contributed by atoms with Crippen LogP contribution in [0.1, 0.15) is 17.7 Å². The summed E-state index contributed by atoms with van der Waals surface area (Å²) in [5.74, 6) is 0.817. The van der Waals surface area contributed by atoms with Crippen molar-refractivity contribution in [2.75, 3.05) is 26.7 Å². The van der Waals surface area contributed by atoms with E-state index in [-0.39, 0.29) is 29.9 Å². The Labute approximate surface area is 140 Å². The lowest BCUT2D eigenvalue weighted by Gasteiger charge is -2.17. The van der Waals surface area contributed by atoms with Gasteiger partial charge >= 0.3 is 0 Å². The number of likely N-dealkylation sites (tertiary alicyclic amines) is 1. The topological polar surface area (TPSA) is 56.7 Å². The summed E-state index contributed by atoms with van der Waals surface area (Å²) in [6.07, 6.45) is 2.24. The van der Waals surface area contributed by atoms with Gasteiger partial charge < -0.3 is 15.5 Å². The van der Waals surface area contributed by atoms with E-state index in [1.807, 2.05) is 16.3 Å². The Morgan fingerprint density at radius 2 is 2.15 bits per heavy atom. The zero-order valence-corrected chi connectivity index (χ0v) is 14.7. The molecule has 20 heavy (non-hydrogen) atoms. The number of amides is 1. The third kappa shape index (κ3) is 5.28. The summed E-state index contributed by atoms with van der Waals surface area (Å²) >= 11 is 1.70. The number of hydrogen-bond donors (Lipinski definition) is 2. The number of rotatable bonds is 4. The molecule has 112 valence electrons. The van der Waals surface area contributed by atoms with Gasteiger partial charge in [-0.1, -0.05) is 6.07 Å². The van der Waals surface area contributed by atoms with Crippen molar-refractivity contribution in [3.05, 3.63) is 22.4 Å². The van der Waals surface area contributed by atoms with Crippen molar-refractivity contribution in [3.8, 4) is 0 Å². The van der Waals surface area contributed by atoms with E-state index in [9.17, 15) is 4.79 Å². The predicted octanol–water partition coefficient (Wildman–Crippen LogP) is 1.65.